The maximum absolute atomic E-state index is 12.1. The van der Waals surface area contributed by atoms with E-state index in [-0.39, 0.29) is 0 Å². The monoisotopic (exact) mass is 361 g/mol. The molecule has 0 bridgehead atoms. The Morgan fingerprint density at radius 3 is 2.19 bits per heavy atom. The van der Waals surface area contributed by atoms with Crippen LogP contribution < -0.4 is 16.0 Å². The number of urea groups is 1. The molecule has 27 heavy (non-hydrogen) atoms. The average Bonchev–Trinajstić information content (AvgIpc) is 2.66. The Kier molecular flexibility index (Phi) is 9.72. The number of allylic oxidation sites excluding steroid dienone is 10. The van der Waals surface area contributed by atoms with Gasteiger partial charge in [0.1, 0.15) is 18.0 Å². The molecule has 138 valence electrons. The van der Waals surface area contributed by atoms with Crippen LogP contribution in [0.25, 0.3) is 0 Å². The summed E-state index contributed by atoms with van der Waals surface area (Å²) in [5.74, 6) is 0.840. The lowest BCUT2D eigenvalue weighted by molar-refractivity contribution is 0.254. The summed E-state index contributed by atoms with van der Waals surface area (Å²) in [6.07, 6.45) is 18.3. The van der Waals surface area contributed by atoms with E-state index in [1.165, 1.54) is 6.33 Å². The van der Waals surface area contributed by atoms with Crippen molar-refractivity contribution in [3.63, 3.8) is 0 Å². The number of nitrogens with zero attached hydrogens (tertiary/aromatic N) is 2. The molecule has 1 heterocycles. The van der Waals surface area contributed by atoms with E-state index in [2.05, 4.69) is 52.2 Å². The molecule has 0 saturated heterocycles. The molecule has 0 atom stereocenters. The van der Waals surface area contributed by atoms with Gasteiger partial charge in [0.15, 0.2) is 0 Å². The van der Waals surface area contributed by atoms with Crippen molar-refractivity contribution in [3.8, 4) is 0 Å². The fourth-order valence-corrected chi connectivity index (χ4v) is 1.76. The van der Waals surface area contributed by atoms with Gasteiger partial charge in [-0.1, -0.05) is 62.8 Å². The Labute approximate surface area is 159 Å². The highest BCUT2D eigenvalue weighted by atomic mass is 16.2. The second-order valence-electron chi connectivity index (χ2n) is 4.89. The Morgan fingerprint density at radius 2 is 1.56 bits per heavy atom. The van der Waals surface area contributed by atoms with Crippen molar-refractivity contribution in [2.45, 2.75) is 0 Å². The van der Waals surface area contributed by atoms with Gasteiger partial charge in [0.2, 0.25) is 0 Å². The lowest BCUT2D eigenvalue weighted by Crippen LogP contribution is -2.28. The van der Waals surface area contributed by atoms with Crippen LogP contribution in [-0.4, -0.2) is 16.0 Å². The summed E-state index contributed by atoms with van der Waals surface area (Å²) < 4.78 is 0. The minimum absolute atomic E-state index is 0.334. The number of anilines is 2. The summed E-state index contributed by atoms with van der Waals surface area (Å²) >= 11 is 0. The summed E-state index contributed by atoms with van der Waals surface area (Å²) in [5.41, 5.74) is 1.29. The van der Waals surface area contributed by atoms with Gasteiger partial charge in [-0.3, -0.25) is 5.32 Å². The summed E-state index contributed by atoms with van der Waals surface area (Å²) in [5, 5.41) is 8.41. The van der Waals surface area contributed by atoms with Crippen LogP contribution in [-0.2, 0) is 0 Å². The molecule has 0 aliphatic rings. The van der Waals surface area contributed by atoms with Crippen LogP contribution in [0.1, 0.15) is 0 Å². The van der Waals surface area contributed by atoms with Crippen molar-refractivity contribution in [1.29, 1.82) is 0 Å². The highest BCUT2D eigenvalue weighted by Gasteiger charge is 2.05. The molecule has 2 amide bonds. The third-order valence-electron chi connectivity index (χ3n) is 2.89. The normalized spacial score (nSPS) is 11.9. The molecule has 0 aliphatic carbocycles. The summed E-state index contributed by atoms with van der Waals surface area (Å²) in [7, 11) is 0. The van der Waals surface area contributed by atoms with E-state index in [0.29, 0.717) is 17.3 Å². The van der Waals surface area contributed by atoms with E-state index in [9.17, 15) is 4.79 Å². The zero-order valence-corrected chi connectivity index (χ0v) is 15.1. The zero-order valence-electron chi connectivity index (χ0n) is 15.1. The molecule has 0 saturated carbocycles. The minimum Gasteiger partial charge on any atom is -0.340 e. The van der Waals surface area contributed by atoms with Crippen LogP contribution in [0.5, 0.6) is 0 Å². The van der Waals surface area contributed by atoms with Gasteiger partial charge in [-0.2, -0.15) is 0 Å². The van der Waals surface area contributed by atoms with Crippen molar-refractivity contribution >= 4 is 17.7 Å². The lowest BCUT2D eigenvalue weighted by atomic mass is 10.3. The third kappa shape index (κ3) is 8.64. The summed E-state index contributed by atoms with van der Waals surface area (Å²) in [6.45, 7) is 14.6. The Balaban J connectivity index is 2.82. The molecule has 6 nitrogen and oxygen atoms in total. The second-order valence-corrected chi connectivity index (χ2v) is 4.89. The molecular weight excluding hydrogens is 338 g/mol. The van der Waals surface area contributed by atoms with Crippen molar-refractivity contribution in [3.05, 3.63) is 111 Å². The molecule has 3 N–H and O–H groups in total. The number of carbonyl (C=O) groups is 1. The summed E-state index contributed by atoms with van der Waals surface area (Å²) in [6, 6.07) is 1.15. The second kappa shape index (κ2) is 12.4. The van der Waals surface area contributed by atoms with E-state index in [1.807, 2.05) is 12.2 Å². The maximum atomic E-state index is 12.1. The fraction of sp³-hybridized carbons (Fsp3) is 0. The van der Waals surface area contributed by atoms with Gasteiger partial charge in [0, 0.05) is 17.5 Å². The van der Waals surface area contributed by atoms with E-state index in [1.54, 1.807) is 54.7 Å². The van der Waals surface area contributed by atoms with E-state index >= 15 is 0 Å². The number of aromatic nitrogens is 2. The van der Waals surface area contributed by atoms with Crippen molar-refractivity contribution in [2.24, 2.45) is 0 Å². The van der Waals surface area contributed by atoms with Crippen molar-refractivity contribution < 1.29 is 4.79 Å². The number of amides is 2. The molecule has 1 aromatic heterocycles. The van der Waals surface area contributed by atoms with Gasteiger partial charge in [-0.05, 0) is 24.3 Å². The molecule has 1 rings (SSSR count). The zero-order chi connectivity index (χ0) is 19.9. The first kappa shape index (κ1) is 21.1. The number of rotatable bonds is 10. The van der Waals surface area contributed by atoms with Crippen LogP contribution in [0.2, 0.25) is 0 Å². The van der Waals surface area contributed by atoms with Gasteiger partial charge in [0.25, 0.3) is 0 Å². The van der Waals surface area contributed by atoms with E-state index in [0.717, 1.165) is 5.70 Å². The number of hydrogen-bond donors (Lipinski definition) is 3. The van der Waals surface area contributed by atoms with Crippen LogP contribution in [0.3, 0.4) is 0 Å². The predicted octanol–water partition coefficient (Wildman–Crippen LogP) is 4.63. The quantitative estimate of drug-likeness (QED) is 0.531. The standard InChI is InChI=1S/C21H23N5O/c1-5-9-11-14-17(8-4)24-19-15-20(23-16-22-19)26-21(27)25-18(12-7-3)13-10-6-2/h5-16H,1-4H2,(H3,22,23,24,25,26,27)/b11-9-,13-10-,17-14+,18-12+. The number of hydrogen-bond acceptors (Lipinski definition) is 4. The van der Waals surface area contributed by atoms with Gasteiger partial charge < -0.3 is 10.6 Å². The minimum atomic E-state index is -0.449. The predicted molar refractivity (Wildman–Crippen MR) is 113 cm³/mol. The average molecular weight is 361 g/mol. The first-order valence-electron chi connectivity index (χ1n) is 8.03. The van der Waals surface area contributed by atoms with Crippen LogP contribution in [0, 0.1) is 0 Å². The molecule has 1 aromatic rings. The van der Waals surface area contributed by atoms with Gasteiger partial charge in [0.05, 0.1) is 0 Å². The molecule has 0 fully saturated rings. The molecule has 0 radical (unpaired) electrons. The van der Waals surface area contributed by atoms with Crippen LogP contribution in [0.4, 0.5) is 16.4 Å². The Morgan fingerprint density at radius 1 is 0.852 bits per heavy atom. The smallest absolute Gasteiger partial charge is 0.324 e. The number of nitrogens with one attached hydrogen (secondary N) is 3. The molecule has 0 aliphatic heterocycles. The first-order chi connectivity index (χ1) is 13.1. The lowest BCUT2D eigenvalue weighted by Gasteiger charge is -2.09. The van der Waals surface area contributed by atoms with E-state index < -0.39 is 6.03 Å². The first-order valence-corrected chi connectivity index (χ1v) is 8.03. The van der Waals surface area contributed by atoms with Crippen molar-refractivity contribution in [1.82, 2.24) is 15.3 Å². The van der Waals surface area contributed by atoms with Crippen molar-refractivity contribution in [2.75, 3.05) is 10.6 Å². The number of carbonyl (C=O) groups excluding carboxylic acids is 1. The highest BCUT2D eigenvalue weighted by Crippen LogP contribution is 2.11. The van der Waals surface area contributed by atoms with Gasteiger partial charge in [-0.25, -0.2) is 14.8 Å². The molecule has 0 spiro atoms. The van der Waals surface area contributed by atoms with Crippen LogP contribution in [0.15, 0.2) is 111 Å². The fourth-order valence-electron chi connectivity index (χ4n) is 1.76. The van der Waals surface area contributed by atoms with Gasteiger partial charge >= 0.3 is 6.03 Å². The maximum Gasteiger partial charge on any atom is 0.324 e. The van der Waals surface area contributed by atoms with Crippen LogP contribution >= 0.6 is 0 Å². The Bertz CT molecular complexity index is 816. The SMILES string of the molecule is C=C/C=C\C=C(/C=C)Nc1cc(NC(=O)NC(/C=C\C=C)=C/C=C)ncn1. The summed E-state index contributed by atoms with van der Waals surface area (Å²) in [4.78, 5) is 20.3. The molecule has 0 unspecified atom stereocenters. The highest BCUT2D eigenvalue weighted by molar-refractivity contribution is 5.90. The molecule has 6 heteroatoms. The molecule has 0 aromatic carbocycles. The van der Waals surface area contributed by atoms with Gasteiger partial charge in [-0.15, -0.1) is 0 Å². The third-order valence-corrected chi connectivity index (χ3v) is 2.89. The topological polar surface area (TPSA) is 78.9 Å². The molecular formula is C21H23N5O. The largest absolute Gasteiger partial charge is 0.340 e. The van der Waals surface area contributed by atoms with E-state index in [4.69, 9.17) is 0 Å². The Hall–Kier alpha value is -3.93.